The van der Waals surface area contributed by atoms with Gasteiger partial charge in [0.15, 0.2) is 5.96 Å². The first-order chi connectivity index (χ1) is 13.4. The maximum atomic E-state index is 14.8. The van der Waals surface area contributed by atoms with E-state index in [0.29, 0.717) is 37.4 Å². The highest BCUT2D eigenvalue weighted by Gasteiger charge is 2.19. The summed E-state index contributed by atoms with van der Waals surface area (Å²) in [6, 6.07) is 4.73. The van der Waals surface area contributed by atoms with Crippen LogP contribution in [0.15, 0.2) is 35.6 Å². The van der Waals surface area contributed by atoms with Crippen LogP contribution in [-0.2, 0) is 11.3 Å². The Morgan fingerprint density at radius 2 is 1.96 bits per heavy atom. The second kappa shape index (κ2) is 8.61. The number of anilines is 1. The molecule has 10 heteroatoms. The summed E-state index contributed by atoms with van der Waals surface area (Å²) < 4.78 is 19.6. The lowest BCUT2D eigenvalue weighted by Crippen LogP contribution is -2.36. The van der Waals surface area contributed by atoms with Crippen LogP contribution in [0.2, 0.25) is 0 Å². The number of ether oxygens (including phenoxy) is 1. The summed E-state index contributed by atoms with van der Waals surface area (Å²) >= 11 is 0. The average Bonchev–Trinajstić information content (AvgIpc) is 2.67. The maximum Gasteiger partial charge on any atom is 0.437 e. The van der Waals surface area contributed by atoms with Crippen molar-refractivity contribution in [1.82, 2.24) is 9.97 Å². The summed E-state index contributed by atoms with van der Waals surface area (Å²) in [6.07, 6.45) is 3.14. The summed E-state index contributed by atoms with van der Waals surface area (Å²) in [5.41, 5.74) is 11.1. The molecule has 0 atom stereocenters. The lowest BCUT2D eigenvalue weighted by molar-refractivity contribution is 0.145. The minimum Gasteiger partial charge on any atom is -0.443 e. The first-order valence-electron chi connectivity index (χ1n) is 8.73. The van der Waals surface area contributed by atoms with E-state index in [-0.39, 0.29) is 23.8 Å². The molecular formula is C18H21FN6O3. The normalized spacial score (nSPS) is 14.6. The molecule has 1 aliphatic rings. The number of aliphatic hydroxyl groups is 1. The summed E-state index contributed by atoms with van der Waals surface area (Å²) in [7, 11) is 0. The SMILES string of the molecule is NC(N)=NC(=O)OCc1cccc(-c2cnc(N3CCC(O)CC3)nc2)c1F. The van der Waals surface area contributed by atoms with Gasteiger partial charge in [-0.15, -0.1) is 4.99 Å². The second-order valence-corrected chi connectivity index (χ2v) is 6.36. The summed E-state index contributed by atoms with van der Waals surface area (Å²) in [4.78, 5) is 25.2. The molecule has 0 saturated carbocycles. The fourth-order valence-electron chi connectivity index (χ4n) is 2.88. The van der Waals surface area contributed by atoms with Crippen LogP contribution in [0, 0.1) is 5.82 Å². The van der Waals surface area contributed by atoms with Gasteiger partial charge in [0.05, 0.1) is 6.10 Å². The molecule has 1 aromatic heterocycles. The minimum atomic E-state index is -0.996. The predicted octanol–water partition coefficient (Wildman–Crippen LogP) is 1.15. The number of benzene rings is 1. The molecule has 1 saturated heterocycles. The van der Waals surface area contributed by atoms with E-state index in [0.717, 1.165) is 0 Å². The van der Waals surface area contributed by atoms with Gasteiger partial charge >= 0.3 is 6.09 Å². The van der Waals surface area contributed by atoms with Crippen molar-refractivity contribution in [2.24, 2.45) is 16.5 Å². The van der Waals surface area contributed by atoms with Crippen LogP contribution in [0.5, 0.6) is 0 Å². The number of hydrogen-bond donors (Lipinski definition) is 3. The number of nitrogens with two attached hydrogens (primary N) is 2. The number of nitrogens with zero attached hydrogens (tertiary/aromatic N) is 4. The highest BCUT2D eigenvalue weighted by atomic mass is 19.1. The molecule has 5 N–H and O–H groups in total. The molecule has 28 heavy (non-hydrogen) atoms. The lowest BCUT2D eigenvalue weighted by atomic mass is 10.1. The Hall–Kier alpha value is -3.27. The van der Waals surface area contributed by atoms with E-state index < -0.39 is 17.9 Å². The molecule has 0 spiro atoms. The standard InChI is InChI=1S/C18H21FN6O3/c19-15-11(10-28-18(27)24-16(20)21)2-1-3-14(15)12-8-22-17(23-9-12)25-6-4-13(26)5-7-25/h1-3,8-9,13,26H,4-7,10H2,(H4,20,21,24,27). The molecule has 0 unspecified atom stereocenters. The van der Waals surface area contributed by atoms with E-state index in [9.17, 15) is 14.3 Å². The zero-order valence-corrected chi connectivity index (χ0v) is 15.1. The van der Waals surface area contributed by atoms with Gasteiger partial charge in [0, 0.05) is 42.2 Å². The number of aromatic nitrogens is 2. The Bertz CT molecular complexity index is 862. The quantitative estimate of drug-likeness (QED) is 0.523. The number of guanidine groups is 1. The minimum absolute atomic E-state index is 0.172. The Labute approximate surface area is 160 Å². The van der Waals surface area contributed by atoms with E-state index in [2.05, 4.69) is 15.0 Å². The summed E-state index contributed by atoms with van der Waals surface area (Å²) in [5.74, 6) is -0.435. The van der Waals surface area contributed by atoms with Crippen LogP contribution in [0.25, 0.3) is 11.1 Å². The Balaban J connectivity index is 1.73. The van der Waals surface area contributed by atoms with Crippen molar-refractivity contribution >= 4 is 18.0 Å². The van der Waals surface area contributed by atoms with Gasteiger partial charge in [0.25, 0.3) is 0 Å². The number of amides is 1. The largest absolute Gasteiger partial charge is 0.443 e. The van der Waals surface area contributed by atoms with E-state index in [4.69, 9.17) is 16.2 Å². The van der Waals surface area contributed by atoms with E-state index in [1.165, 1.54) is 6.07 Å². The predicted molar refractivity (Wildman–Crippen MR) is 101 cm³/mol. The van der Waals surface area contributed by atoms with E-state index >= 15 is 0 Å². The van der Waals surface area contributed by atoms with Crippen molar-refractivity contribution in [3.8, 4) is 11.1 Å². The van der Waals surface area contributed by atoms with Crippen LogP contribution in [-0.4, -0.2) is 46.3 Å². The third-order valence-electron chi connectivity index (χ3n) is 4.35. The molecule has 9 nitrogen and oxygen atoms in total. The zero-order chi connectivity index (χ0) is 20.1. The van der Waals surface area contributed by atoms with Crippen LogP contribution in [0.4, 0.5) is 15.1 Å². The van der Waals surface area contributed by atoms with E-state index in [1.54, 1.807) is 24.5 Å². The lowest BCUT2D eigenvalue weighted by Gasteiger charge is -2.29. The van der Waals surface area contributed by atoms with Crippen molar-refractivity contribution in [2.45, 2.75) is 25.6 Å². The van der Waals surface area contributed by atoms with Gasteiger partial charge in [-0.25, -0.2) is 19.2 Å². The highest BCUT2D eigenvalue weighted by Crippen LogP contribution is 2.26. The van der Waals surface area contributed by atoms with Crippen molar-refractivity contribution in [1.29, 1.82) is 0 Å². The number of aliphatic imine (C=N–C) groups is 1. The molecule has 2 aromatic rings. The number of carbonyl (C=O) groups excluding carboxylic acids is 1. The fraction of sp³-hybridized carbons (Fsp3) is 0.333. The van der Waals surface area contributed by atoms with Crippen molar-refractivity contribution < 1.29 is 19.0 Å². The van der Waals surface area contributed by atoms with Crippen LogP contribution in [0.1, 0.15) is 18.4 Å². The monoisotopic (exact) mass is 388 g/mol. The third-order valence-corrected chi connectivity index (χ3v) is 4.35. The molecule has 1 aromatic carbocycles. The van der Waals surface area contributed by atoms with Gasteiger partial charge in [0.2, 0.25) is 5.95 Å². The van der Waals surface area contributed by atoms with Gasteiger partial charge in [-0.05, 0) is 12.8 Å². The molecule has 0 bridgehead atoms. The van der Waals surface area contributed by atoms with Gasteiger partial charge in [-0.1, -0.05) is 18.2 Å². The molecule has 1 aliphatic heterocycles. The molecule has 0 aliphatic carbocycles. The van der Waals surface area contributed by atoms with Crippen molar-refractivity contribution in [2.75, 3.05) is 18.0 Å². The topological polar surface area (TPSA) is 140 Å². The van der Waals surface area contributed by atoms with Gasteiger partial charge in [-0.2, -0.15) is 0 Å². The van der Waals surface area contributed by atoms with Crippen LogP contribution in [0.3, 0.4) is 0 Å². The number of carbonyl (C=O) groups is 1. The first-order valence-corrected chi connectivity index (χ1v) is 8.73. The number of halogens is 1. The molecule has 1 fully saturated rings. The van der Waals surface area contributed by atoms with Crippen LogP contribution >= 0.6 is 0 Å². The molecule has 2 heterocycles. The van der Waals surface area contributed by atoms with Gasteiger partial charge in [0.1, 0.15) is 12.4 Å². The number of aliphatic hydroxyl groups excluding tert-OH is 1. The van der Waals surface area contributed by atoms with Crippen LogP contribution < -0.4 is 16.4 Å². The Morgan fingerprint density at radius 1 is 1.29 bits per heavy atom. The zero-order valence-electron chi connectivity index (χ0n) is 15.1. The second-order valence-electron chi connectivity index (χ2n) is 6.36. The van der Waals surface area contributed by atoms with Gasteiger partial charge < -0.3 is 26.2 Å². The van der Waals surface area contributed by atoms with Gasteiger partial charge in [-0.3, -0.25) is 0 Å². The third kappa shape index (κ3) is 4.71. The summed E-state index contributed by atoms with van der Waals surface area (Å²) in [6.45, 7) is 1.03. The fourth-order valence-corrected chi connectivity index (χ4v) is 2.88. The number of rotatable bonds is 4. The summed E-state index contributed by atoms with van der Waals surface area (Å²) in [5, 5.41) is 9.58. The van der Waals surface area contributed by atoms with E-state index in [1.807, 2.05) is 4.90 Å². The molecule has 0 radical (unpaired) electrons. The Morgan fingerprint density at radius 3 is 2.61 bits per heavy atom. The maximum absolute atomic E-state index is 14.8. The number of hydrogen-bond acceptors (Lipinski definition) is 6. The number of piperidine rings is 1. The van der Waals surface area contributed by atoms with Crippen molar-refractivity contribution in [3.63, 3.8) is 0 Å². The van der Waals surface area contributed by atoms with Crippen molar-refractivity contribution in [3.05, 3.63) is 42.0 Å². The Kier molecular flexibility index (Phi) is 5.99. The first kappa shape index (κ1) is 19.5. The molecule has 148 valence electrons. The smallest absolute Gasteiger partial charge is 0.437 e. The molecule has 3 rings (SSSR count). The molecular weight excluding hydrogens is 367 g/mol. The molecule has 1 amide bonds. The average molecular weight is 388 g/mol. The highest BCUT2D eigenvalue weighted by molar-refractivity contribution is 5.87.